The second-order valence-corrected chi connectivity index (χ2v) is 11.8. The van der Waals surface area contributed by atoms with Gasteiger partial charge in [-0.05, 0) is 93.1 Å². The molecule has 0 amide bonds. The van der Waals surface area contributed by atoms with Crippen LogP contribution in [0.3, 0.4) is 0 Å². The molecule has 0 spiro atoms. The highest BCUT2D eigenvalue weighted by molar-refractivity contribution is 5.39. The van der Waals surface area contributed by atoms with Crippen molar-refractivity contribution in [3.8, 4) is 0 Å². The van der Waals surface area contributed by atoms with Crippen LogP contribution < -0.4 is 0 Å². The summed E-state index contributed by atoms with van der Waals surface area (Å²) in [4.78, 5) is 0. The number of allylic oxidation sites excluding steroid dienone is 3. The Kier molecular flexibility index (Phi) is 7.61. The van der Waals surface area contributed by atoms with Crippen molar-refractivity contribution in [1.29, 1.82) is 0 Å². The fourth-order valence-corrected chi connectivity index (χ4v) is 6.91. The minimum Gasteiger partial charge on any atom is -0.392 e. The molecule has 3 rings (SSSR count). The van der Waals surface area contributed by atoms with Gasteiger partial charge in [0.15, 0.2) is 0 Å². The molecule has 0 bridgehead atoms. The largest absolute Gasteiger partial charge is 0.392 e. The van der Waals surface area contributed by atoms with Crippen molar-refractivity contribution in [1.82, 2.24) is 0 Å². The van der Waals surface area contributed by atoms with Crippen LogP contribution in [0.1, 0.15) is 92.4 Å². The van der Waals surface area contributed by atoms with Gasteiger partial charge in [0.2, 0.25) is 0 Å². The Labute approximate surface area is 190 Å². The van der Waals surface area contributed by atoms with Gasteiger partial charge in [-0.15, -0.1) is 0 Å². The average molecular weight is 431 g/mol. The molecule has 3 nitrogen and oxygen atoms in total. The zero-order valence-electron chi connectivity index (χ0n) is 20.5. The van der Waals surface area contributed by atoms with Crippen molar-refractivity contribution in [3.05, 3.63) is 35.5 Å². The van der Waals surface area contributed by atoms with E-state index in [0.29, 0.717) is 23.7 Å². The molecule has 0 aromatic heterocycles. The minimum atomic E-state index is -0.648. The number of fused-ring (bicyclic) bond motifs is 1. The molecule has 3 heteroatoms. The molecule has 3 aliphatic carbocycles. The van der Waals surface area contributed by atoms with Crippen LogP contribution in [0.15, 0.2) is 35.5 Å². The van der Waals surface area contributed by atoms with Crippen LogP contribution in [-0.4, -0.2) is 33.1 Å². The average Bonchev–Trinajstić information content (AvgIpc) is 3.04. The van der Waals surface area contributed by atoms with Crippen LogP contribution in [0.4, 0.5) is 0 Å². The smallest absolute Gasteiger partial charge is 0.0837 e. The lowest BCUT2D eigenvalue weighted by molar-refractivity contribution is 0.0283. The van der Waals surface area contributed by atoms with E-state index in [1.54, 1.807) is 5.57 Å². The van der Waals surface area contributed by atoms with E-state index in [2.05, 4.69) is 32.6 Å². The van der Waals surface area contributed by atoms with E-state index in [4.69, 9.17) is 0 Å². The van der Waals surface area contributed by atoms with Crippen LogP contribution in [0.5, 0.6) is 0 Å². The number of rotatable bonds is 6. The highest BCUT2D eigenvalue weighted by Gasteiger charge is 2.50. The molecule has 0 heterocycles. The summed E-state index contributed by atoms with van der Waals surface area (Å²) in [6.45, 7) is 14.8. The lowest BCUT2D eigenvalue weighted by atomic mass is 9.60. The van der Waals surface area contributed by atoms with E-state index >= 15 is 0 Å². The first-order valence-corrected chi connectivity index (χ1v) is 12.6. The van der Waals surface area contributed by atoms with Gasteiger partial charge >= 0.3 is 0 Å². The van der Waals surface area contributed by atoms with Crippen LogP contribution in [0.25, 0.3) is 0 Å². The lowest BCUT2D eigenvalue weighted by Crippen LogP contribution is -2.36. The molecule has 3 N–H and O–H groups in total. The van der Waals surface area contributed by atoms with Crippen LogP contribution in [0.2, 0.25) is 0 Å². The first-order valence-electron chi connectivity index (χ1n) is 12.6. The Morgan fingerprint density at radius 3 is 2.61 bits per heavy atom. The maximum atomic E-state index is 10.4. The summed E-state index contributed by atoms with van der Waals surface area (Å²) in [5, 5.41) is 30.7. The van der Waals surface area contributed by atoms with E-state index in [1.807, 2.05) is 20.8 Å². The molecular weight excluding hydrogens is 384 g/mol. The molecule has 3 aliphatic rings. The summed E-state index contributed by atoms with van der Waals surface area (Å²) in [5.41, 5.74) is 3.15. The molecule has 3 saturated carbocycles. The van der Waals surface area contributed by atoms with Crippen LogP contribution in [0, 0.1) is 29.1 Å². The van der Waals surface area contributed by atoms with Gasteiger partial charge in [0.25, 0.3) is 0 Å². The Morgan fingerprint density at radius 1 is 1.23 bits per heavy atom. The van der Waals surface area contributed by atoms with E-state index in [0.717, 1.165) is 36.3 Å². The first kappa shape index (κ1) is 24.7. The van der Waals surface area contributed by atoms with Gasteiger partial charge in [0, 0.05) is 5.92 Å². The maximum absolute atomic E-state index is 10.4. The Hall–Kier alpha value is -0.900. The predicted octanol–water partition coefficient (Wildman–Crippen LogP) is 5.95. The fraction of sp³-hybridized carbons (Fsp3) is 0.786. The highest BCUT2D eigenvalue weighted by Crippen LogP contribution is 2.60. The van der Waals surface area contributed by atoms with Gasteiger partial charge in [-0.25, -0.2) is 0 Å². The van der Waals surface area contributed by atoms with Gasteiger partial charge in [-0.1, -0.05) is 57.9 Å². The molecular formula is C28H46O3. The van der Waals surface area contributed by atoms with Crippen molar-refractivity contribution in [2.24, 2.45) is 29.1 Å². The van der Waals surface area contributed by atoms with Gasteiger partial charge in [0.05, 0.1) is 17.8 Å². The Bertz CT molecular complexity index is 712. The van der Waals surface area contributed by atoms with Gasteiger partial charge in [-0.2, -0.15) is 0 Å². The topological polar surface area (TPSA) is 60.7 Å². The summed E-state index contributed by atoms with van der Waals surface area (Å²) in [6, 6.07) is 0. The number of aliphatic hydroxyl groups is 3. The Balaban J connectivity index is 1.71. The molecule has 0 radical (unpaired) electrons. The molecule has 3 fully saturated rings. The zero-order valence-corrected chi connectivity index (χ0v) is 20.5. The molecule has 7 atom stereocenters. The molecule has 31 heavy (non-hydrogen) atoms. The zero-order chi connectivity index (χ0) is 23.0. The molecule has 0 saturated heterocycles. The van der Waals surface area contributed by atoms with Crippen molar-refractivity contribution < 1.29 is 15.3 Å². The number of hydrogen-bond donors (Lipinski definition) is 3. The molecule has 3 unspecified atom stereocenters. The van der Waals surface area contributed by atoms with E-state index in [1.165, 1.54) is 32.1 Å². The second-order valence-electron chi connectivity index (χ2n) is 11.8. The third kappa shape index (κ3) is 5.37. The van der Waals surface area contributed by atoms with E-state index in [-0.39, 0.29) is 5.92 Å². The van der Waals surface area contributed by atoms with Gasteiger partial charge < -0.3 is 15.3 Å². The Morgan fingerprint density at radius 2 is 1.94 bits per heavy atom. The third-order valence-electron chi connectivity index (χ3n) is 8.97. The molecule has 0 aromatic rings. The standard InChI is InChI=1S/C28H46O3/c1-18(9-7-15-27(4,5)31)23-13-14-24-21(10-8-16-28(23,24)6)11-12-22-17-25(29)20(3)26(30)19(22)2/h11-12,18,20,23-26,29-31H,2,7-10,13-17H2,1,3-6H3/t18-,20-,23?,24?,25-,26+,28?/m1/s1. The molecule has 176 valence electrons. The summed E-state index contributed by atoms with van der Waals surface area (Å²) in [6.07, 6.45) is 13.4. The van der Waals surface area contributed by atoms with Gasteiger partial charge in [0.1, 0.15) is 0 Å². The number of aliphatic hydroxyl groups excluding tert-OH is 2. The van der Waals surface area contributed by atoms with Gasteiger partial charge in [-0.3, -0.25) is 0 Å². The number of hydrogen-bond acceptors (Lipinski definition) is 3. The SMILES string of the molecule is C=C1C(=CC=C2CCCC3(C)C2CCC3[C@H](C)CCCC(C)(C)O)C[C@@H](O)[C@@H](C)[C@H]1O. The molecule has 0 aliphatic heterocycles. The second kappa shape index (κ2) is 9.53. The van der Waals surface area contributed by atoms with Crippen LogP contribution >= 0.6 is 0 Å². The first-order chi connectivity index (χ1) is 14.4. The van der Waals surface area contributed by atoms with E-state index < -0.39 is 17.8 Å². The van der Waals surface area contributed by atoms with Crippen molar-refractivity contribution in [3.63, 3.8) is 0 Å². The monoisotopic (exact) mass is 430 g/mol. The molecule has 0 aromatic carbocycles. The van der Waals surface area contributed by atoms with E-state index in [9.17, 15) is 15.3 Å². The highest BCUT2D eigenvalue weighted by atomic mass is 16.3. The summed E-state index contributed by atoms with van der Waals surface area (Å²) >= 11 is 0. The van der Waals surface area contributed by atoms with Crippen molar-refractivity contribution in [2.75, 3.05) is 0 Å². The van der Waals surface area contributed by atoms with Crippen molar-refractivity contribution >= 4 is 0 Å². The third-order valence-corrected chi connectivity index (χ3v) is 8.97. The summed E-state index contributed by atoms with van der Waals surface area (Å²) in [5.74, 6) is 1.94. The minimum absolute atomic E-state index is 0.149. The summed E-state index contributed by atoms with van der Waals surface area (Å²) in [7, 11) is 0. The quantitative estimate of drug-likeness (QED) is 0.488. The van der Waals surface area contributed by atoms with Crippen LogP contribution in [-0.2, 0) is 0 Å². The normalized spacial score (nSPS) is 40.4. The maximum Gasteiger partial charge on any atom is 0.0837 e. The fourth-order valence-electron chi connectivity index (χ4n) is 6.91. The lowest BCUT2D eigenvalue weighted by Gasteiger charge is -2.44. The summed E-state index contributed by atoms with van der Waals surface area (Å²) < 4.78 is 0. The predicted molar refractivity (Wildman–Crippen MR) is 129 cm³/mol. The van der Waals surface area contributed by atoms with Crippen molar-refractivity contribution in [2.45, 2.75) is 110 Å².